The molecule has 3 unspecified atom stereocenters. The Bertz CT molecular complexity index is 217. The maximum absolute atomic E-state index is 5.92. The molecule has 0 spiro atoms. The zero-order valence-electron chi connectivity index (χ0n) is 11.5. The van der Waals surface area contributed by atoms with Gasteiger partial charge in [0.25, 0.3) is 0 Å². The van der Waals surface area contributed by atoms with Crippen LogP contribution in [0.2, 0.25) is 0 Å². The second-order valence-corrected chi connectivity index (χ2v) is 6.24. The summed E-state index contributed by atoms with van der Waals surface area (Å²) in [6, 6.07) is 0. The Labute approximate surface area is 107 Å². The molecule has 2 nitrogen and oxygen atoms in total. The van der Waals surface area contributed by atoms with Crippen LogP contribution in [0.15, 0.2) is 0 Å². The highest BCUT2D eigenvalue weighted by Crippen LogP contribution is 2.31. The Hall–Kier alpha value is -0.0800. The first-order valence-corrected chi connectivity index (χ1v) is 7.76. The zero-order valence-corrected chi connectivity index (χ0v) is 11.5. The molecule has 1 aliphatic carbocycles. The summed E-state index contributed by atoms with van der Waals surface area (Å²) in [5, 5.41) is 0. The second kappa shape index (κ2) is 6.75. The van der Waals surface area contributed by atoms with Crippen LogP contribution < -0.4 is 5.73 Å². The van der Waals surface area contributed by atoms with Crippen molar-refractivity contribution in [2.45, 2.75) is 51.9 Å². The molecular weight excluding hydrogens is 208 g/mol. The summed E-state index contributed by atoms with van der Waals surface area (Å²) in [5.74, 6) is 2.70. The van der Waals surface area contributed by atoms with Gasteiger partial charge in [0.2, 0.25) is 0 Å². The summed E-state index contributed by atoms with van der Waals surface area (Å²) < 4.78 is 0. The maximum Gasteiger partial charge on any atom is 0.00129 e. The fraction of sp³-hybridized carbons (Fsp3) is 1.00. The van der Waals surface area contributed by atoms with Crippen molar-refractivity contribution in [3.63, 3.8) is 0 Å². The topological polar surface area (TPSA) is 29.3 Å². The minimum Gasteiger partial charge on any atom is -0.330 e. The molecular formula is C15H30N2. The molecule has 2 rings (SSSR count). The van der Waals surface area contributed by atoms with Crippen molar-refractivity contribution in [1.29, 1.82) is 0 Å². The first kappa shape index (κ1) is 13.4. The van der Waals surface area contributed by atoms with Gasteiger partial charge in [0.1, 0.15) is 0 Å². The molecule has 2 heteroatoms. The van der Waals surface area contributed by atoms with Crippen LogP contribution in [0.25, 0.3) is 0 Å². The lowest BCUT2D eigenvalue weighted by Gasteiger charge is -2.33. The van der Waals surface area contributed by atoms with Gasteiger partial charge >= 0.3 is 0 Å². The van der Waals surface area contributed by atoms with Crippen LogP contribution >= 0.6 is 0 Å². The van der Waals surface area contributed by atoms with Gasteiger partial charge in [-0.2, -0.15) is 0 Å². The van der Waals surface area contributed by atoms with E-state index in [4.69, 9.17) is 5.73 Å². The average Bonchev–Trinajstić information content (AvgIpc) is 2.78. The molecule has 0 radical (unpaired) electrons. The van der Waals surface area contributed by atoms with Gasteiger partial charge in [0, 0.05) is 13.1 Å². The lowest BCUT2D eigenvalue weighted by molar-refractivity contribution is 0.170. The van der Waals surface area contributed by atoms with Gasteiger partial charge in [-0.25, -0.2) is 0 Å². The molecule has 100 valence electrons. The number of likely N-dealkylation sites (tertiary alicyclic amines) is 1. The third-order valence-electron chi connectivity index (χ3n) is 4.93. The molecule has 0 aromatic heterocycles. The van der Waals surface area contributed by atoms with Gasteiger partial charge in [-0.3, -0.25) is 0 Å². The summed E-state index contributed by atoms with van der Waals surface area (Å²) in [7, 11) is 0. The van der Waals surface area contributed by atoms with Crippen molar-refractivity contribution < 1.29 is 0 Å². The Morgan fingerprint density at radius 3 is 2.59 bits per heavy atom. The molecule has 0 amide bonds. The molecule has 1 saturated heterocycles. The highest BCUT2D eigenvalue weighted by molar-refractivity contribution is 4.82. The Balaban J connectivity index is 1.76. The summed E-state index contributed by atoms with van der Waals surface area (Å²) in [4.78, 5) is 2.72. The van der Waals surface area contributed by atoms with Crippen LogP contribution in [0.4, 0.5) is 0 Å². The van der Waals surface area contributed by atoms with Crippen LogP contribution in [0.1, 0.15) is 51.9 Å². The van der Waals surface area contributed by atoms with Crippen LogP contribution in [-0.4, -0.2) is 31.1 Å². The Kier molecular flexibility index (Phi) is 5.30. The third-order valence-corrected chi connectivity index (χ3v) is 4.93. The van der Waals surface area contributed by atoms with E-state index in [1.165, 1.54) is 64.6 Å². The van der Waals surface area contributed by atoms with Crippen molar-refractivity contribution in [2.24, 2.45) is 23.5 Å². The van der Waals surface area contributed by atoms with Gasteiger partial charge < -0.3 is 10.6 Å². The molecule has 1 aliphatic heterocycles. The summed E-state index contributed by atoms with van der Waals surface area (Å²) in [6.07, 6.45) is 9.89. The highest BCUT2D eigenvalue weighted by atomic mass is 15.1. The van der Waals surface area contributed by atoms with E-state index < -0.39 is 0 Å². The van der Waals surface area contributed by atoms with Crippen LogP contribution in [0, 0.1) is 17.8 Å². The minimum atomic E-state index is 0.814. The van der Waals surface area contributed by atoms with E-state index in [9.17, 15) is 0 Å². The average molecular weight is 238 g/mol. The van der Waals surface area contributed by atoms with Crippen LogP contribution in [-0.2, 0) is 0 Å². The normalized spacial score (nSPS) is 35.3. The Morgan fingerprint density at radius 2 is 1.88 bits per heavy atom. The fourth-order valence-corrected chi connectivity index (χ4v) is 3.89. The van der Waals surface area contributed by atoms with Gasteiger partial charge in [-0.05, 0) is 56.5 Å². The molecule has 17 heavy (non-hydrogen) atoms. The predicted molar refractivity (Wildman–Crippen MR) is 74.0 cm³/mol. The molecule has 1 saturated carbocycles. The monoisotopic (exact) mass is 238 g/mol. The second-order valence-electron chi connectivity index (χ2n) is 6.24. The number of hydrogen-bond acceptors (Lipinski definition) is 2. The fourth-order valence-electron chi connectivity index (χ4n) is 3.89. The van der Waals surface area contributed by atoms with Gasteiger partial charge in [0.05, 0.1) is 0 Å². The highest BCUT2D eigenvalue weighted by Gasteiger charge is 2.29. The zero-order chi connectivity index (χ0) is 12.1. The number of nitrogens with two attached hydrogens (primary N) is 1. The van der Waals surface area contributed by atoms with E-state index in [1.54, 1.807) is 0 Å². The molecule has 0 aromatic carbocycles. The van der Waals surface area contributed by atoms with Gasteiger partial charge in [-0.1, -0.05) is 26.2 Å². The van der Waals surface area contributed by atoms with E-state index in [1.807, 2.05) is 0 Å². The maximum atomic E-state index is 5.92. The van der Waals surface area contributed by atoms with E-state index in [-0.39, 0.29) is 0 Å². The molecule has 2 fully saturated rings. The Morgan fingerprint density at radius 1 is 1.12 bits per heavy atom. The SMILES string of the molecule is CCCC1CCN(CC2CCCCC2CN)C1. The van der Waals surface area contributed by atoms with Crippen LogP contribution in [0.5, 0.6) is 0 Å². The minimum absolute atomic E-state index is 0.814. The lowest BCUT2D eigenvalue weighted by Crippen LogP contribution is -2.36. The molecule has 2 N–H and O–H groups in total. The van der Waals surface area contributed by atoms with Crippen molar-refractivity contribution in [3.05, 3.63) is 0 Å². The van der Waals surface area contributed by atoms with Crippen molar-refractivity contribution >= 4 is 0 Å². The van der Waals surface area contributed by atoms with E-state index in [0.29, 0.717) is 0 Å². The molecule has 0 aromatic rings. The molecule has 3 atom stereocenters. The molecule has 0 bridgehead atoms. The van der Waals surface area contributed by atoms with E-state index >= 15 is 0 Å². The first-order valence-electron chi connectivity index (χ1n) is 7.76. The largest absolute Gasteiger partial charge is 0.330 e. The molecule has 1 heterocycles. The number of hydrogen-bond donors (Lipinski definition) is 1. The van der Waals surface area contributed by atoms with E-state index in [0.717, 1.165) is 24.3 Å². The standard InChI is InChI=1S/C15H30N2/c1-2-5-13-8-9-17(11-13)12-15-7-4-3-6-14(15)10-16/h13-15H,2-12,16H2,1H3. The number of nitrogens with zero attached hydrogens (tertiary/aromatic N) is 1. The van der Waals surface area contributed by atoms with E-state index in [2.05, 4.69) is 11.8 Å². The quantitative estimate of drug-likeness (QED) is 0.798. The number of rotatable bonds is 5. The summed E-state index contributed by atoms with van der Waals surface area (Å²) in [6.45, 7) is 7.27. The smallest absolute Gasteiger partial charge is 0.00129 e. The van der Waals surface area contributed by atoms with Gasteiger partial charge in [0.15, 0.2) is 0 Å². The summed E-state index contributed by atoms with van der Waals surface area (Å²) in [5.41, 5.74) is 5.92. The molecule has 2 aliphatic rings. The van der Waals surface area contributed by atoms with Gasteiger partial charge in [-0.15, -0.1) is 0 Å². The lowest BCUT2D eigenvalue weighted by atomic mass is 9.79. The first-order chi connectivity index (χ1) is 8.33. The van der Waals surface area contributed by atoms with Crippen molar-refractivity contribution in [1.82, 2.24) is 4.90 Å². The van der Waals surface area contributed by atoms with Crippen molar-refractivity contribution in [2.75, 3.05) is 26.2 Å². The summed E-state index contributed by atoms with van der Waals surface area (Å²) >= 11 is 0. The predicted octanol–water partition coefficient (Wildman–Crippen LogP) is 2.87. The van der Waals surface area contributed by atoms with Crippen LogP contribution in [0.3, 0.4) is 0 Å². The van der Waals surface area contributed by atoms with Crippen molar-refractivity contribution in [3.8, 4) is 0 Å². The third kappa shape index (κ3) is 3.69.